The molecule has 0 aliphatic heterocycles. The monoisotopic (exact) mass is 358 g/mol. The zero-order valence-corrected chi connectivity index (χ0v) is 14.1. The van der Waals surface area contributed by atoms with Crippen LogP contribution in [0.2, 0.25) is 5.15 Å². The van der Waals surface area contributed by atoms with Gasteiger partial charge in [0, 0.05) is 29.7 Å². The summed E-state index contributed by atoms with van der Waals surface area (Å²) in [5, 5.41) is 3.37. The van der Waals surface area contributed by atoms with Gasteiger partial charge in [-0.25, -0.2) is 9.97 Å². The van der Waals surface area contributed by atoms with E-state index in [0.717, 1.165) is 5.56 Å². The maximum atomic E-state index is 12.4. The van der Waals surface area contributed by atoms with Gasteiger partial charge < -0.3 is 5.32 Å². The van der Waals surface area contributed by atoms with Crippen molar-refractivity contribution in [2.24, 2.45) is 0 Å². The number of Topliss-reactive ketones (excluding diaryl/α,β-unsaturated/α-hetero) is 1. The average Bonchev–Trinajstić information content (AvgIpc) is 2.98. The Morgan fingerprint density at radius 2 is 2.04 bits per heavy atom. The number of nitrogens with zero attached hydrogens (tertiary/aromatic N) is 3. The molecule has 0 atom stereocenters. The number of hydrogen-bond acceptors (Lipinski definition) is 6. The average molecular weight is 359 g/mol. The molecule has 24 heavy (non-hydrogen) atoms. The number of carbonyl (C=O) groups excluding carboxylic acids is 2. The fourth-order valence-electron chi connectivity index (χ4n) is 1.90. The normalized spacial score (nSPS) is 10.4. The van der Waals surface area contributed by atoms with Gasteiger partial charge in [0.05, 0.1) is 0 Å². The highest BCUT2D eigenvalue weighted by atomic mass is 35.5. The minimum Gasteiger partial charge on any atom is -0.306 e. The molecular weight excluding hydrogens is 348 g/mol. The summed E-state index contributed by atoms with van der Waals surface area (Å²) in [5.41, 5.74) is 1.26. The number of pyridine rings is 2. The van der Waals surface area contributed by atoms with Crippen molar-refractivity contribution >= 4 is 40.4 Å². The van der Waals surface area contributed by atoms with Crippen LogP contribution in [-0.2, 0) is 0 Å². The van der Waals surface area contributed by atoms with Gasteiger partial charge >= 0.3 is 0 Å². The highest BCUT2D eigenvalue weighted by Crippen LogP contribution is 2.30. The summed E-state index contributed by atoms with van der Waals surface area (Å²) in [6.45, 7) is 1.45. The Kier molecular flexibility index (Phi) is 4.64. The Hall–Kier alpha value is -2.64. The van der Waals surface area contributed by atoms with E-state index in [-0.39, 0.29) is 15.8 Å². The Labute approximate surface area is 146 Å². The van der Waals surface area contributed by atoms with E-state index in [1.807, 2.05) is 6.07 Å². The Balaban J connectivity index is 1.80. The fraction of sp³-hybridized carbons (Fsp3) is 0.0625. The molecule has 0 saturated carbocycles. The standard InChI is InChI=1S/C16H11ClN4O2S/c1-9(22)10-4-5-12(19-8-10)20-15(23)13-14(17)21-16(24-13)11-3-2-6-18-7-11/h2-8H,1H3,(H,19,20,23). The van der Waals surface area contributed by atoms with Crippen LogP contribution in [-0.4, -0.2) is 26.6 Å². The molecule has 120 valence electrons. The first-order chi connectivity index (χ1) is 11.5. The first-order valence-electron chi connectivity index (χ1n) is 6.89. The molecule has 3 aromatic heterocycles. The molecule has 3 aromatic rings. The number of hydrogen-bond donors (Lipinski definition) is 1. The largest absolute Gasteiger partial charge is 0.306 e. The van der Waals surface area contributed by atoms with Crippen LogP contribution in [0.5, 0.6) is 0 Å². The summed E-state index contributed by atoms with van der Waals surface area (Å²) in [7, 11) is 0. The molecule has 1 N–H and O–H groups in total. The van der Waals surface area contributed by atoms with E-state index in [4.69, 9.17) is 11.6 Å². The predicted octanol–water partition coefficient (Wildman–Crippen LogP) is 3.71. The zero-order valence-electron chi connectivity index (χ0n) is 12.5. The van der Waals surface area contributed by atoms with Crippen molar-refractivity contribution in [3.05, 3.63) is 58.4 Å². The Morgan fingerprint density at radius 3 is 2.67 bits per heavy atom. The smallest absolute Gasteiger partial charge is 0.270 e. The van der Waals surface area contributed by atoms with Crippen LogP contribution in [0.1, 0.15) is 27.0 Å². The van der Waals surface area contributed by atoms with Crippen LogP contribution in [0, 0.1) is 0 Å². The van der Waals surface area contributed by atoms with Crippen molar-refractivity contribution in [1.29, 1.82) is 0 Å². The maximum absolute atomic E-state index is 12.4. The van der Waals surface area contributed by atoms with Gasteiger partial charge in [0.1, 0.15) is 15.7 Å². The number of thiazole rings is 1. The molecule has 3 rings (SSSR count). The van der Waals surface area contributed by atoms with Gasteiger partial charge in [-0.15, -0.1) is 11.3 Å². The van der Waals surface area contributed by atoms with Gasteiger partial charge in [-0.3, -0.25) is 14.6 Å². The second-order valence-corrected chi connectivity index (χ2v) is 6.18. The van der Waals surface area contributed by atoms with Crippen molar-refractivity contribution < 1.29 is 9.59 Å². The molecule has 0 saturated heterocycles. The van der Waals surface area contributed by atoms with Crippen LogP contribution in [0.4, 0.5) is 5.82 Å². The fourth-order valence-corrected chi connectivity index (χ4v) is 3.08. The third-order valence-electron chi connectivity index (χ3n) is 3.11. The van der Waals surface area contributed by atoms with E-state index in [0.29, 0.717) is 16.4 Å². The van der Waals surface area contributed by atoms with Crippen LogP contribution < -0.4 is 5.32 Å². The number of carbonyl (C=O) groups is 2. The molecule has 8 heteroatoms. The van der Waals surface area contributed by atoms with Crippen LogP contribution in [0.25, 0.3) is 10.6 Å². The minimum absolute atomic E-state index is 0.0907. The summed E-state index contributed by atoms with van der Waals surface area (Å²) in [4.78, 5) is 36.1. The first kappa shape index (κ1) is 16.2. The summed E-state index contributed by atoms with van der Waals surface area (Å²) < 4.78 is 0. The highest BCUT2D eigenvalue weighted by molar-refractivity contribution is 7.17. The number of anilines is 1. The van der Waals surface area contributed by atoms with Crippen molar-refractivity contribution in [3.8, 4) is 10.6 Å². The molecular formula is C16H11ClN4O2S. The lowest BCUT2D eigenvalue weighted by atomic mass is 10.2. The summed E-state index contributed by atoms with van der Waals surface area (Å²) >= 11 is 7.25. The number of halogens is 1. The maximum Gasteiger partial charge on any atom is 0.270 e. The third kappa shape index (κ3) is 3.47. The van der Waals surface area contributed by atoms with E-state index in [2.05, 4.69) is 20.3 Å². The number of amides is 1. The summed E-state index contributed by atoms with van der Waals surface area (Å²) in [6.07, 6.45) is 4.72. The van der Waals surface area contributed by atoms with Gasteiger partial charge in [0.25, 0.3) is 5.91 Å². The quantitative estimate of drug-likeness (QED) is 0.718. The zero-order chi connectivity index (χ0) is 17.1. The minimum atomic E-state index is -0.407. The second-order valence-electron chi connectivity index (χ2n) is 4.82. The summed E-state index contributed by atoms with van der Waals surface area (Å²) in [6, 6.07) is 6.78. The highest BCUT2D eigenvalue weighted by Gasteiger charge is 2.18. The molecule has 3 heterocycles. The van der Waals surface area contributed by atoms with E-state index in [9.17, 15) is 9.59 Å². The van der Waals surface area contributed by atoms with Gasteiger partial charge in [0.15, 0.2) is 10.9 Å². The SMILES string of the molecule is CC(=O)c1ccc(NC(=O)c2sc(-c3cccnc3)nc2Cl)nc1. The molecule has 1 amide bonds. The lowest BCUT2D eigenvalue weighted by molar-refractivity contribution is 0.101. The Bertz CT molecular complexity index is 894. The molecule has 0 fully saturated rings. The van der Waals surface area contributed by atoms with Gasteiger partial charge in [-0.05, 0) is 31.2 Å². The molecule has 0 aliphatic rings. The number of aromatic nitrogens is 3. The van der Waals surface area contributed by atoms with E-state index < -0.39 is 5.91 Å². The van der Waals surface area contributed by atoms with Crippen molar-refractivity contribution in [2.45, 2.75) is 6.92 Å². The summed E-state index contributed by atoms with van der Waals surface area (Å²) in [5.74, 6) is -0.167. The number of rotatable bonds is 4. The lowest BCUT2D eigenvalue weighted by Gasteiger charge is -2.03. The topological polar surface area (TPSA) is 84.8 Å². The van der Waals surface area contributed by atoms with Crippen LogP contribution >= 0.6 is 22.9 Å². The Morgan fingerprint density at radius 1 is 1.21 bits per heavy atom. The van der Waals surface area contributed by atoms with Gasteiger partial charge in [-0.2, -0.15) is 0 Å². The molecule has 0 bridgehead atoms. The lowest BCUT2D eigenvalue weighted by Crippen LogP contribution is -2.12. The molecule has 0 unspecified atom stereocenters. The predicted molar refractivity (Wildman–Crippen MR) is 92.5 cm³/mol. The van der Waals surface area contributed by atoms with Crippen molar-refractivity contribution in [3.63, 3.8) is 0 Å². The molecule has 0 radical (unpaired) electrons. The van der Waals surface area contributed by atoms with Gasteiger partial charge in [0.2, 0.25) is 0 Å². The van der Waals surface area contributed by atoms with Gasteiger partial charge in [-0.1, -0.05) is 11.6 Å². The number of nitrogens with one attached hydrogen (secondary N) is 1. The second kappa shape index (κ2) is 6.86. The molecule has 0 aromatic carbocycles. The molecule has 6 nitrogen and oxygen atoms in total. The molecule has 0 spiro atoms. The van der Waals surface area contributed by atoms with Crippen molar-refractivity contribution in [1.82, 2.24) is 15.0 Å². The van der Waals surface area contributed by atoms with Crippen LogP contribution in [0.15, 0.2) is 42.9 Å². The molecule has 0 aliphatic carbocycles. The van der Waals surface area contributed by atoms with E-state index in [1.54, 1.807) is 30.6 Å². The first-order valence-corrected chi connectivity index (χ1v) is 8.09. The van der Waals surface area contributed by atoms with Crippen molar-refractivity contribution in [2.75, 3.05) is 5.32 Å². The van der Waals surface area contributed by atoms with E-state index in [1.165, 1.54) is 24.5 Å². The van der Waals surface area contributed by atoms with E-state index >= 15 is 0 Å². The van der Waals surface area contributed by atoms with Crippen LogP contribution in [0.3, 0.4) is 0 Å². The number of ketones is 1. The third-order valence-corrected chi connectivity index (χ3v) is 4.60.